The molecule has 2 aliphatic heterocycles. The summed E-state index contributed by atoms with van der Waals surface area (Å²) >= 11 is 12.9. The molecule has 0 bridgehead atoms. The van der Waals surface area contributed by atoms with Gasteiger partial charge in [0.25, 0.3) is 0 Å². The summed E-state index contributed by atoms with van der Waals surface area (Å²) in [7, 11) is 0. The number of rotatable bonds is 4. The number of amides is 1. The molecule has 3 heterocycles. The van der Waals surface area contributed by atoms with Crippen molar-refractivity contribution in [3.05, 3.63) is 88.2 Å². The van der Waals surface area contributed by atoms with Crippen molar-refractivity contribution in [1.82, 2.24) is 14.4 Å². The van der Waals surface area contributed by atoms with E-state index in [1.54, 1.807) is 0 Å². The summed E-state index contributed by atoms with van der Waals surface area (Å²) in [6.07, 6.45) is 2.10. The number of benzene rings is 2. The number of carbonyl (C=O) groups excluding carboxylic acids is 1. The van der Waals surface area contributed by atoms with Crippen molar-refractivity contribution < 1.29 is 4.79 Å². The van der Waals surface area contributed by atoms with E-state index < -0.39 is 0 Å². The number of hydrogen-bond donors (Lipinski definition) is 0. The molecular formula is C25H26Cl2N4O. The molecule has 0 saturated carbocycles. The van der Waals surface area contributed by atoms with E-state index in [-0.39, 0.29) is 11.9 Å². The Hall–Kier alpha value is -2.47. The zero-order valence-electron chi connectivity index (χ0n) is 17.8. The van der Waals surface area contributed by atoms with Crippen LogP contribution in [0, 0.1) is 0 Å². The fraction of sp³-hybridized carbons (Fsp3) is 0.320. The van der Waals surface area contributed by atoms with Crippen LogP contribution in [0.1, 0.15) is 17.3 Å². The maximum atomic E-state index is 13.3. The molecule has 7 heteroatoms. The van der Waals surface area contributed by atoms with Gasteiger partial charge in [-0.05, 0) is 35.9 Å². The zero-order valence-corrected chi connectivity index (χ0v) is 19.3. The van der Waals surface area contributed by atoms with Crippen LogP contribution in [0.25, 0.3) is 0 Å². The summed E-state index contributed by atoms with van der Waals surface area (Å²) in [5.74, 6) is 0.167. The SMILES string of the molecule is O=C(CN1CCn2cccc2C1c1ccccc1Cl)N1CCN(c2ccccc2Cl)CC1. The first-order valence-electron chi connectivity index (χ1n) is 11.0. The van der Waals surface area contributed by atoms with Crippen LogP contribution in [0.3, 0.4) is 0 Å². The molecule has 0 spiro atoms. The van der Waals surface area contributed by atoms with Gasteiger partial charge in [0.15, 0.2) is 0 Å². The van der Waals surface area contributed by atoms with E-state index >= 15 is 0 Å². The van der Waals surface area contributed by atoms with E-state index in [1.807, 2.05) is 47.4 Å². The molecule has 1 aromatic heterocycles. The van der Waals surface area contributed by atoms with Gasteiger partial charge in [-0.25, -0.2) is 0 Å². The molecule has 0 aliphatic carbocycles. The van der Waals surface area contributed by atoms with Crippen LogP contribution in [0.15, 0.2) is 66.9 Å². The molecule has 2 aromatic carbocycles. The van der Waals surface area contributed by atoms with E-state index in [0.717, 1.165) is 47.5 Å². The molecule has 0 N–H and O–H groups in total. The summed E-state index contributed by atoms with van der Waals surface area (Å²) in [6, 6.07) is 20.0. The standard InChI is InChI=1S/C25H26Cl2N4O/c26-20-7-2-1-6-19(20)25-23-10-5-11-28(23)14-17-31(25)18-24(32)30-15-12-29(13-16-30)22-9-4-3-8-21(22)27/h1-11,25H,12-18H2. The third-order valence-corrected chi connectivity index (χ3v) is 7.17. The lowest BCUT2D eigenvalue weighted by Crippen LogP contribution is -2.52. The third kappa shape index (κ3) is 4.13. The molecule has 166 valence electrons. The summed E-state index contributed by atoms with van der Waals surface area (Å²) in [6.45, 7) is 5.03. The van der Waals surface area contributed by atoms with Gasteiger partial charge < -0.3 is 14.4 Å². The maximum Gasteiger partial charge on any atom is 0.236 e. The van der Waals surface area contributed by atoms with E-state index in [2.05, 4.69) is 38.8 Å². The van der Waals surface area contributed by atoms with Gasteiger partial charge >= 0.3 is 0 Å². The molecule has 1 unspecified atom stereocenters. The largest absolute Gasteiger partial charge is 0.367 e. The second-order valence-corrected chi connectivity index (χ2v) is 9.15. The van der Waals surface area contributed by atoms with Gasteiger partial charge in [0.1, 0.15) is 0 Å². The smallest absolute Gasteiger partial charge is 0.236 e. The molecule has 3 aromatic rings. The van der Waals surface area contributed by atoms with Crippen molar-refractivity contribution in [2.24, 2.45) is 0 Å². The van der Waals surface area contributed by atoms with Crippen LogP contribution < -0.4 is 4.90 Å². The Kier molecular flexibility index (Phi) is 6.13. The number of anilines is 1. The molecule has 0 radical (unpaired) electrons. The molecule has 1 amide bonds. The number of hydrogen-bond acceptors (Lipinski definition) is 3. The monoisotopic (exact) mass is 468 g/mol. The summed E-state index contributed by atoms with van der Waals surface area (Å²) in [4.78, 5) is 19.8. The minimum Gasteiger partial charge on any atom is -0.367 e. The number of halogens is 2. The van der Waals surface area contributed by atoms with Crippen LogP contribution in [0.4, 0.5) is 5.69 Å². The minimum absolute atomic E-state index is 0.0270. The van der Waals surface area contributed by atoms with Crippen molar-refractivity contribution in [3.8, 4) is 0 Å². The molecule has 2 aliphatic rings. The van der Waals surface area contributed by atoms with Gasteiger partial charge in [-0.3, -0.25) is 9.69 Å². The van der Waals surface area contributed by atoms with Crippen molar-refractivity contribution in [2.75, 3.05) is 44.2 Å². The van der Waals surface area contributed by atoms with Gasteiger partial charge in [-0.2, -0.15) is 0 Å². The Morgan fingerprint density at radius 1 is 0.812 bits per heavy atom. The minimum atomic E-state index is -0.0270. The number of piperazine rings is 1. The number of para-hydroxylation sites is 1. The van der Waals surface area contributed by atoms with E-state index in [4.69, 9.17) is 23.2 Å². The lowest BCUT2D eigenvalue weighted by atomic mass is 9.99. The number of aromatic nitrogens is 1. The van der Waals surface area contributed by atoms with Crippen molar-refractivity contribution in [2.45, 2.75) is 12.6 Å². The Balaban J connectivity index is 1.30. The highest BCUT2D eigenvalue weighted by Crippen LogP contribution is 2.36. The Morgan fingerprint density at radius 2 is 1.53 bits per heavy atom. The molecule has 1 atom stereocenters. The highest BCUT2D eigenvalue weighted by atomic mass is 35.5. The Bertz CT molecular complexity index is 1110. The molecule has 32 heavy (non-hydrogen) atoms. The predicted molar refractivity (Wildman–Crippen MR) is 130 cm³/mol. The van der Waals surface area contributed by atoms with Gasteiger partial charge in [-0.1, -0.05) is 53.5 Å². The molecular weight excluding hydrogens is 443 g/mol. The normalized spacial score (nSPS) is 19.1. The number of fused-ring (bicyclic) bond motifs is 1. The van der Waals surface area contributed by atoms with Crippen LogP contribution in [-0.4, -0.2) is 59.5 Å². The fourth-order valence-electron chi connectivity index (χ4n) is 4.83. The van der Waals surface area contributed by atoms with Gasteiger partial charge in [0, 0.05) is 56.2 Å². The first kappa shape index (κ1) is 21.4. The molecule has 1 fully saturated rings. The Morgan fingerprint density at radius 3 is 2.28 bits per heavy atom. The lowest BCUT2D eigenvalue weighted by molar-refractivity contribution is -0.133. The van der Waals surface area contributed by atoms with Crippen LogP contribution in [0.2, 0.25) is 10.0 Å². The first-order valence-corrected chi connectivity index (χ1v) is 11.8. The summed E-state index contributed by atoms with van der Waals surface area (Å²) in [5, 5.41) is 1.49. The van der Waals surface area contributed by atoms with Gasteiger partial charge in [-0.15, -0.1) is 0 Å². The second kappa shape index (κ2) is 9.18. The van der Waals surface area contributed by atoms with Crippen molar-refractivity contribution >= 4 is 34.8 Å². The molecule has 1 saturated heterocycles. The number of nitrogens with zero attached hydrogens (tertiary/aromatic N) is 4. The van der Waals surface area contributed by atoms with Gasteiger partial charge in [0.2, 0.25) is 5.91 Å². The predicted octanol–water partition coefficient (Wildman–Crippen LogP) is 4.55. The lowest BCUT2D eigenvalue weighted by Gasteiger charge is -2.40. The highest BCUT2D eigenvalue weighted by Gasteiger charge is 2.33. The van der Waals surface area contributed by atoms with Gasteiger partial charge in [0.05, 0.1) is 23.3 Å². The van der Waals surface area contributed by atoms with Crippen LogP contribution >= 0.6 is 23.2 Å². The summed E-state index contributed by atoms with van der Waals surface area (Å²) < 4.78 is 2.26. The van der Waals surface area contributed by atoms with E-state index in [0.29, 0.717) is 19.6 Å². The fourth-order valence-corrected chi connectivity index (χ4v) is 5.33. The number of carbonyl (C=O) groups is 1. The average molecular weight is 469 g/mol. The average Bonchev–Trinajstić information content (AvgIpc) is 3.29. The molecule has 5 nitrogen and oxygen atoms in total. The van der Waals surface area contributed by atoms with E-state index in [9.17, 15) is 4.79 Å². The zero-order chi connectivity index (χ0) is 22.1. The third-order valence-electron chi connectivity index (χ3n) is 6.50. The maximum absolute atomic E-state index is 13.3. The van der Waals surface area contributed by atoms with Crippen molar-refractivity contribution in [3.63, 3.8) is 0 Å². The van der Waals surface area contributed by atoms with Crippen LogP contribution in [0.5, 0.6) is 0 Å². The van der Waals surface area contributed by atoms with E-state index in [1.165, 1.54) is 5.69 Å². The molecule has 5 rings (SSSR count). The van der Waals surface area contributed by atoms with Crippen LogP contribution in [-0.2, 0) is 11.3 Å². The topological polar surface area (TPSA) is 31.7 Å². The van der Waals surface area contributed by atoms with Crippen molar-refractivity contribution in [1.29, 1.82) is 0 Å². The second-order valence-electron chi connectivity index (χ2n) is 8.34. The first-order chi connectivity index (χ1) is 15.6. The highest BCUT2D eigenvalue weighted by molar-refractivity contribution is 6.33. The quantitative estimate of drug-likeness (QED) is 0.562. The summed E-state index contributed by atoms with van der Waals surface area (Å²) in [5.41, 5.74) is 3.27. The Labute approximate surface area is 198 Å².